The largest absolute Gasteiger partial charge is 0.385 e. The molecule has 1 aromatic heterocycles. The summed E-state index contributed by atoms with van der Waals surface area (Å²) in [5, 5.41) is 0.467. The number of nitrogens with two attached hydrogens (primary N) is 1. The Morgan fingerprint density at radius 3 is 3.11 bits per heavy atom. The lowest BCUT2D eigenvalue weighted by atomic mass is 10.0. The second-order valence-electron chi connectivity index (χ2n) is 4.99. The molecule has 106 valence electrons. The molecule has 0 radical (unpaired) electrons. The van der Waals surface area contributed by atoms with E-state index in [0.29, 0.717) is 16.8 Å². The van der Waals surface area contributed by atoms with E-state index in [1.54, 1.807) is 7.11 Å². The maximum Gasteiger partial charge on any atom is 0.153 e. The Morgan fingerprint density at radius 2 is 2.32 bits per heavy atom. The van der Waals surface area contributed by atoms with E-state index in [1.807, 2.05) is 0 Å². The summed E-state index contributed by atoms with van der Waals surface area (Å²) in [4.78, 5) is 10.4. The molecule has 2 N–H and O–H groups in total. The van der Waals surface area contributed by atoms with Crippen LogP contribution in [0.1, 0.15) is 25.7 Å². The highest BCUT2D eigenvalue weighted by atomic mass is 35.5. The van der Waals surface area contributed by atoms with Gasteiger partial charge in [-0.3, -0.25) is 0 Å². The first-order chi connectivity index (χ1) is 9.22. The van der Waals surface area contributed by atoms with Gasteiger partial charge in [0.1, 0.15) is 17.2 Å². The minimum Gasteiger partial charge on any atom is -0.385 e. The summed E-state index contributed by atoms with van der Waals surface area (Å²) in [5.74, 6) is 1.73. The molecule has 1 aliphatic heterocycles. The summed E-state index contributed by atoms with van der Waals surface area (Å²) in [6.45, 7) is 2.73. The number of hydrogen-bond donors (Lipinski definition) is 1. The highest BCUT2D eigenvalue weighted by Gasteiger charge is 2.21. The van der Waals surface area contributed by atoms with Crippen molar-refractivity contribution >= 4 is 23.2 Å². The summed E-state index contributed by atoms with van der Waals surface area (Å²) in [5.41, 5.74) is 5.75. The monoisotopic (exact) mass is 284 g/mol. The van der Waals surface area contributed by atoms with Gasteiger partial charge in [0.2, 0.25) is 0 Å². The smallest absolute Gasteiger partial charge is 0.153 e. The van der Waals surface area contributed by atoms with Crippen LogP contribution in [0, 0.1) is 5.92 Å². The quantitative estimate of drug-likeness (QED) is 0.919. The minimum atomic E-state index is 0.351. The van der Waals surface area contributed by atoms with E-state index in [-0.39, 0.29) is 0 Å². The molecule has 1 unspecified atom stereocenters. The van der Waals surface area contributed by atoms with Crippen LogP contribution in [-0.4, -0.2) is 36.8 Å². The Morgan fingerprint density at radius 1 is 1.47 bits per heavy atom. The van der Waals surface area contributed by atoms with Crippen molar-refractivity contribution in [3.05, 3.63) is 11.3 Å². The second-order valence-corrected chi connectivity index (χ2v) is 5.36. The van der Waals surface area contributed by atoms with Crippen molar-refractivity contribution in [1.82, 2.24) is 9.97 Å². The van der Waals surface area contributed by atoms with Gasteiger partial charge in [0, 0.05) is 26.8 Å². The highest BCUT2D eigenvalue weighted by Crippen LogP contribution is 2.30. The van der Waals surface area contributed by atoms with E-state index in [4.69, 9.17) is 22.1 Å². The van der Waals surface area contributed by atoms with E-state index in [0.717, 1.165) is 38.4 Å². The van der Waals surface area contributed by atoms with Gasteiger partial charge in [0.15, 0.2) is 5.82 Å². The molecule has 0 aromatic carbocycles. The SMILES string of the molecule is COCCC1CCCCN(c2ncnc(N)c2Cl)C1. The lowest BCUT2D eigenvalue weighted by molar-refractivity contribution is 0.176. The average molecular weight is 285 g/mol. The van der Waals surface area contributed by atoms with E-state index in [2.05, 4.69) is 14.9 Å². The molecule has 2 heterocycles. The Balaban J connectivity index is 2.11. The van der Waals surface area contributed by atoms with Crippen molar-refractivity contribution in [3.8, 4) is 0 Å². The second kappa shape index (κ2) is 6.91. The third kappa shape index (κ3) is 3.70. The molecule has 0 amide bonds. The molecule has 2 rings (SSSR count). The highest BCUT2D eigenvalue weighted by molar-refractivity contribution is 6.35. The zero-order chi connectivity index (χ0) is 13.7. The Hall–Kier alpha value is -1.07. The molecular weight excluding hydrogens is 264 g/mol. The summed E-state index contributed by atoms with van der Waals surface area (Å²) < 4.78 is 5.18. The zero-order valence-electron chi connectivity index (χ0n) is 11.3. The number of aromatic nitrogens is 2. The van der Waals surface area contributed by atoms with Gasteiger partial charge >= 0.3 is 0 Å². The molecule has 5 nitrogen and oxygen atoms in total. The van der Waals surface area contributed by atoms with Crippen LogP contribution in [0.4, 0.5) is 11.6 Å². The van der Waals surface area contributed by atoms with Gasteiger partial charge < -0.3 is 15.4 Å². The van der Waals surface area contributed by atoms with Crippen LogP contribution in [0.5, 0.6) is 0 Å². The average Bonchev–Trinajstić information content (AvgIpc) is 2.65. The maximum absolute atomic E-state index is 6.22. The van der Waals surface area contributed by atoms with Gasteiger partial charge in [-0.2, -0.15) is 0 Å². The number of halogens is 1. The fourth-order valence-electron chi connectivity index (χ4n) is 2.54. The maximum atomic E-state index is 6.22. The van der Waals surface area contributed by atoms with E-state index >= 15 is 0 Å². The number of ether oxygens (including phenoxy) is 1. The molecule has 6 heteroatoms. The first-order valence-electron chi connectivity index (χ1n) is 6.72. The van der Waals surface area contributed by atoms with Gasteiger partial charge in [-0.05, 0) is 25.2 Å². The van der Waals surface area contributed by atoms with Gasteiger partial charge in [-0.1, -0.05) is 18.0 Å². The first kappa shape index (κ1) is 14.3. The molecule has 0 spiro atoms. The van der Waals surface area contributed by atoms with Crippen LogP contribution in [-0.2, 0) is 4.74 Å². The molecule has 0 aliphatic carbocycles. The van der Waals surface area contributed by atoms with Crippen molar-refractivity contribution in [2.75, 3.05) is 37.4 Å². The van der Waals surface area contributed by atoms with Crippen molar-refractivity contribution in [2.45, 2.75) is 25.7 Å². The third-order valence-electron chi connectivity index (χ3n) is 3.60. The van der Waals surface area contributed by atoms with E-state index < -0.39 is 0 Å². The molecular formula is C13H21ClN4O. The van der Waals surface area contributed by atoms with Crippen molar-refractivity contribution < 1.29 is 4.74 Å². The molecule has 19 heavy (non-hydrogen) atoms. The summed E-state index contributed by atoms with van der Waals surface area (Å²) in [6.07, 6.45) is 6.18. The summed E-state index contributed by atoms with van der Waals surface area (Å²) in [7, 11) is 1.75. The summed E-state index contributed by atoms with van der Waals surface area (Å²) >= 11 is 6.22. The molecule has 0 saturated carbocycles. The zero-order valence-corrected chi connectivity index (χ0v) is 12.1. The van der Waals surface area contributed by atoms with Gasteiger partial charge in [-0.15, -0.1) is 0 Å². The number of nitrogen functional groups attached to an aromatic ring is 1. The van der Waals surface area contributed by atoms with Gasteiger partial charge in [-0.25, -0.2) is 9.97 Å². The fourth-order valence-corrected chi connectivity index (χ4v) is 2.75. The third-order valence-corrected chi connectivity index (χ3v) is 3.96. The van der Waals surface area contributed by atoms with Crippen molar-refractivity contribution in [1.29, 1.82) is 0 Å². The van der Waals surface area contributed by atoms with Crippen molar-refractivity contribution in [3.63, 3.8) is 0 Å². The van der Waals surface area contributed by atoms with Crippen LogP contribution in [0.15, 0.2) is 6.33 Å². The normalized spacial score (nSPS) is 20.3. The summed E-state index contributed by atoms with van der Waals surface area (Å²) in [6, 6.07) is 0. The number of anilines is 2. The first-order valence-corrected chi connectivity index (χ1v) is 7.10. The lowest BCUT2D eigenvalue weighted by Crippen LogP contribution is -2.30. The number of nitrogens with zero attached hydrogens (tertiary/aromatic N) is 3. The van der Waals surface area contributed by atoms with Crippen LogP contribution >= 0.6 is 11.6 Å². The molecule has 1 saturated heterocycles. The van der Waals surface area contributed by atoms with Gasteiger partial charge in [0.05, 0.1) is 0 Å². The number of hydrogen-bond acceptors (Lipinski definition) is 5. The predicted molar refractivity (Wildman–Crippen MR) is 77.5 cm³/mol. The van der Waals surface area contributed by atoms with Gasteiger partial charge in [0.25, 0.3) is 0 Å². The topological polar surface area (TPSA) is 64.3 Å². The fraction of sp³-hybridized carbons (Fsp3) is 0.692. The number of methoxy groups -OCH3 is 1. The molecule has 1 atom stereocenters. The molecule has 0 bridgehead atoms. The minimum absolute atomic E-state index is 0.351. The Labute approximate surface area is 119 Å². The van der Waals surface area contributed by atoms with Crippen molar-refractivity contribution in [2.24, 2.45) is 5.92 Å². The Bertz CT molecular complexity index is 416. The van der Waals surface area contributed by atoms with E-state index in [9.17, 15) is 0 Å². The van der Waals surface area contributed by atoms with Crippen LogP contribution < -0.4 is 10.6 Å². The van der Waals surface area contributed by atoms with E-state index in [1.165, 1.54) is 19.2 Å². The van der Waals surface area contributed by atoms with Crippen LogP contribution in [0.25, 0.3) is 0 Å². The predicted octanol–water partition coefficient (Wildman–Crippen LogP) is 2.36. The molecule has 1 fully saturated rings. The molecule has 1 aromatic rings. The van der Waals surface area contributed by atoms with Crippen LogP contribution in [0.3, 0.4) is 0 Å². The Kier molecular flexibility index (Phi) is 5.22. The lowest BCUT2D eigenvalue weighted by Gasteiger charge is -2.26. The standard InChI is InChI=1S/C13H21ClN4O/c1-19-7-5-10-4-2-3-6-18(8-10)13-11(14)12(15)16-9-17-13/h9-10H,2-8H2,1H3,(H2,15,16,17). The van der Waals surface area contributed by atoms with Crippen LogP contribution in [0.2, 0.25) is 5.02 Å². The molecule has 1 aliphatic rings. The number of rotatable bonds is 4.